The van der Waals surface area contributed by atoms with Crippen LogP contribution in [0.5, 0.6) is 0 Å². The summed E-state index contributed by atoms with van der Waals surface area (Å²) in [6.07, 6.45) is 3.12. The van der Waals surface area contributed by atoms with Crippen molar-refractivity contribution in [1.82, 2.24) is 10.6 Å². The topological polar surface area (TPSA) is 41.1 Å². The summed E-state index contributed by atoms with van der Waals surface area (Å²) in [4.78, 5) is 12.1. The van der Waals surface area contributed by atoms with Crippen LogP contribution < -0.4 is 10.6 Å². The average Bonchev–Trinajstić information content (AvgIpc) is 2.61. The van der Waals surface area contributed by atoms with E-state index in [2.05, 4.69) is 26.6 Å². The van der Waals surface area contributed by atoms with Crippen LogP contribution in [0.4, 0.5) is 0 Å². The molecule has 1 aliphatic heterocycles. The highest BCUT2D eigenvalue weighted by molar-refractivity contribution is 9.10. The minimum absolute atomic E-state index is 0.0451. The normalized spacial score (nSPS) is 20.2. The van der Waals surface area contributed by atoms with Crippen molar-refractivity contribution in [2.75, 3.05) is 13.1 Å². The van der Waals surface area contributed by atoms with Crippen LogP contribution in [0.25, 0.3) is 0 Å². The number of hydrogen-bond donors (Lipinski definition) is 2. The lowest BCUT2D eigenvalue weighted by atomic mass is 10.1. The maximum absolute atomic E-state index is 12.1. The Labute approximate surface area is 120 Å². The van der Waals surface area contributed by atoms with Crippen molar-refractivity contribution in [3.63, 3.8) is 0 Å². The van der Waals surface area contributed by atoms with Crippen LogP contribution in [0.15, 0.2) is 22.7 Å². The van der Waals surface area contributed by atoms with E-state index in [1.54, 1.807) is 18.2 Å². The first-order valence-electron chi connectivity index (χ1n) is 6.13. The Morgan fingerprint density at radius 3 is 3.00 bits per heavy atom. The monoisotopic (exact) mass is 330 g/mol. The second kappa shape index (κ2) is 6.55. The van der Waals surface area contributed by atoms with Crippen molar-refractivity contribution < 1.29 is 4.79 Å². The maximum atomic E-state index is 12.1. The van der Waals surface area contributed by atoms with Gasteiger partial charge in [-0.3, -0.25) is 4.79 Å². The van der Waals surface area contributed by atoms with Gasteiger partial charge in [0.05, 0.1) is 5.02 Å². The summed E-state index contributed by atoms with van der Waals surface area (Å²) in [6.45, 7) is 2.00. The molecular formula is C13H16BrClN2O. The summed E-state index contributed by atoms with van der Waals surface area (Å²) in [5, 5.41) is 6.96. The lowest BCUT2D eigenvalue weighted by Gasteiger charge is -2.16. The van der Waals surface area contributed by atoms with Crippen LogP contribution >= 0.6 is 27.5 Å². The molecule has 1 amide bonds. The number of benzene rings is 1. The molecule has 0 radical (unpaired) electrons. The van der Waals surface area contributed by atoms with Crippen molar-refractivity contribution in [3.05, 3.63) is 33.3 Å². The molecule has 1 aliphatic rings. The van der Waals surface area contributed by atoms with Crippen LogP contribution in [0.3, 0.4) is 0 Å². The molecule has 18 heavy (non-hydrogen) atoms. The third-order valence-corrected chi connectivity index (χ3v) is 4.33. The summed E-state index contributed by atoms with van der Waals surface area (Å²) in [5.74, 6) is -0.0451. The highest BCUT2D eigenvalue weighted by Gasteiger charge is 2.15. The molecule has 0 saturated carbocycles. The van der Waals surface area contributed by atoms with Crippen molar-refractivity contribution in [3.8, 4) is 0 Å². The highest BCUT2D eigenvalue weighted by atomic mass is 79.9. The second-order valence-corrected chi connectivity index (χ2v) is 5.74. The lowest BCUT2D eigenvalue weighted by Crippen LogP contribution is -2.35. The lowest BCUT2D eigenvalue weighted by molar-refractivity contribution is 0.0934. The van der Waals surface area contributed by atoms with Gasteiger partial charge in [0.2, 0.25) is 0 Å². The number of halogens is 2. The van der Waals surface area contributed by atoms with E-state index in [1.165, 1.54) is 0 Å². The van der Waals surface area contributed by atoms with E-state index in [0.717, 1.165) is 36.8 Å². The molecule has 1 aromatic carbocycles. The predicted octanol–water partition coefficient (Wildman–Crippen LogP) is 2.97. The number of amides is 1. The molecule has 0 spiro atoms. The van der Waals surface area contributed by atoms with Gasteiger partial charge in [-0.15, -0.1) is 0 Å². The Hall–Kier alpha value is -0.580. The molecule has 1 unspecified atom stereocenters. The number of carbonyl (C=O) groups excluding carboxylic acids is 1. The molecule has 5 heteroatoms. The predicted molar refractivity (Wildman–Crippen MR) is 77.1 cm³/mol. The van der Waals surface area contributed by atoms with E-state index < -0.39 is 0 Å². The van der Waals surface area contributed by atoms with Gasteiger partial charge in [-0.05, 0) is 66.5 Å². The molecule has 1 aromatic rings. The fourth-order valence-corrected chi connectivity index (χ4v) is 2.50. The zero-order valence-corrected chi connectivity index (χ0v) is 12.4. The first-order valence-corrected chi connectivity index (χ1v) is 7.30. The smallest absolute Gasteiger partial charge is 0.251 e. The van der Waals surface area contributed by atoms with Crippen molar-refractivity contribution in [2.24, 2.45) is 0 Å². The first-order chi connectivity index (χ1) is 8.66. The summed E-state index contributed by atoms with van der Waals surface area (Å²) >= 11 is 9.31. The number of nitrogens with one attached hydrogen (secondary N) is 2. The van der Waals surface area contributed by atoms with Crippen LogP contribution in [-0.2, 0) is 0 Å². The third kappa shape index (κ3) is 3.70. The van der Waals surface area contributed by atoms with Crippen LogP contribution in [0.1, 0.15) is 29.6 Å². The first kappa shape index (κ1) is 13.8. The molecule has 0 aliphatic carbocycles. The molecule has 1 heterocycles. The van der Waals surface area contributed by atoms with Crippen molar-refractivity contribution in [1.29, 1.82) is 0 Å². The van der Waals surface area contributed by atoms with Gasteiger partial charge in [-0.25, -0.2) is 0 Å². The zero-order valence-electron chi connectivity index (χ0n) is 10.0. The molecule has 3 nitrogen and oxygen atoms in total. The van der Waals surface area contributed by atoms with E-state index in [0.29, 0.717) is 10.6 Å². The molecule has 1 atom stereocenters. The Bertz CT molecular complexity index is 431. The van der Waals surface area contributed by atoms with Crippen LogP contribution in [0.2, 0.25) is 5.02 Å². The Kier molecular flexibility index (Phi) is 5.03. The van der Waals surface area contributed by atoms with Gasteiger partial charge in [0.1, 0.15) is 0 Å². The Morgan fingerprint density at radius 1 is 1.39 bits per heavy atom. The SMILES string of the molecule is O=C(NC1CCCNCC1)c1ccc(Br)c(Cl)c1. The van der Waals surface area contributed by atoms with E-state index in [1.807, 2.05) is 0 Å². The quantitative estimate of drug-likeness (QED) is 0.875. The summed E-state index contributed by atoms with van der Waals surface area (Å²) < 4.78 is 0.805. The van der Waals surface area contributed by atoms with Crippen molar-refractivity contribution >= 4 is 33.4 Å². The maximum Gasteiger partial charge on any atom is 0.251 e. The van der Waals surface area contributed by atoms with Crippen molar-refractivity contribution in [2.45, 2.75) is 25.3 Å². The fraction of sp³-hybridized carbons (Fsp3) is 0.462. The summed E-state index contributed by atoms with van der Waals surface area (Å²) in [6, 6.07) is 5.53. The van der Waals surface area contributed by atoms with Gasteiger partial charge in [0.15, 0.2) is 0 Å². The molecule has 98 valence electrons. The van der Waals surface area contributed by atoms with Gasteiger partial charge in [0.25, 0.3) is 5.91 Å². The largest absolute Gasteiger partial charge is 0.349 e. The van der Waals surface area contributed by atoms with Gasteiger partial charge < -0.3 is 10.6 Å². The molecule has 2 rings (SSSR count). The van der Waals surface area contributed by atoms with E-state index in [4.69, 9.17) is 11.6 Å². The Balaban J connectivity index is 1.99. The van der Waals surface area contributed by atoms with Gasteiger partial charge in [0, 0.05) is 16.1 Å². The van der Waals surface area contributed by atoms with Gasteiger partial charge >= 0.3 is 0 Å². The van der Waals surface area contributed by atoms with E-state index >= 15 is 0 Å². The summed E-state index contributed by atoms with van der Waals surface area (Å²) in [5.41, 5.74) is 0.611. The van der Waals surface area contributed by atoms with Gasteiger partial charge in [-0.2, -0.15) is 0 Å². The number of hydrogen-bond acceptors (Lipinski definition) is 2. The van der Waals surface area contributed by atoms with E-state index in [-0.39, 0.29) is 11.9 Å². The Morgan fingerprint density at radius 2 is 2.22 bits per heavy atom. The molecule has 1 saturated heterocycles. The van der Waals surface area contributed by atoms with Crippen LogP contribution in [0, 0.1) is 0 Å². The molecule has 0 aromatic heterocycles. The highest BCUT2D eigenvalue weighted by Crippen LogP contribution is 2.23. The standard InChI is InChI=1S/C13H16BrClN2O/c14-11-4-3-9(8-12(11)15)13(18)17-10-2-1-6-16-7-5-10/h3-4,8,10,16H,1-2,5-7H2,(H,17,18). The molecule has 2 N–H and O–H groups in total. The molecule has 1 fully saturated rings. The second-order valence-electron chi connectivity index (χ2n) is 4.48. The van der Waals surface area contributed by atoms with Gasteiger partial charge in [-0.1, -0.05) is 11.6 Å². The fourth-order valence-electron chi connectivity index (χ4n) is 2.07. The number of rotatable bonds is 2. The summed E-state index contributed by atoms with van der Waals surface area (Å²) in [7, 11) is 0. The minimum atomic E-state index is -0.0451. The molecule has 0 bridgehead atoms. The molecular weight excluding hydrogens is 316 g/mol. The van der Waals surface area contributed by atoms with Crippen LogP contribution in [-0.4, -0.2) is 25.0 Å². The third-order valence-electron chi connectivity index (χ3n) is 3.09. The van der Waals surface area contributed by atoms with E-state index in [9.17, 15) is 4.79 Å². The number of carbonyl (C=O) groups is 1. The minimum Gasteiger partial charge on any atom is -0.349 e. The zero-order chi connectivity index (χ0) is 13.0. The average molecular weight is 332 g/mol.